The van der Waals surface area contributed by atoms with Crippen LogP contribution < -0.4 is 15.2 Å². The van der Waals surface area contributed by atoms with E-state index in [1.165, 1.54) is 0 Å². The van der Waals surface area contributed by atoms with Crippen LogP contribution in [0.15, 0.2) is 12.1 Å². The molecule has 1 aromatic rings. The zero-order valence-corrected chi connectivity index (χ0v) is 10.8. The largest absolute Gasteiger partial charge is 0.496 e. The highest BCUT2D eigenvalue weighted by molar-refractivity contribution is 5.50. The van der Waals surface area contributed by atoms with E-state index in [2.05, 4.69) is 0 Å². The average molecular weight is 223 g/mol. The van der Waals surface area contributed by atoms with Gasteiger partial charge in [-0.25, -0.2) is 0 Å². The molecule has 0 fully saturated rings. The lowest BCUT2D eigenvalue weighted by Crippen LogP contribution is -2.34. The predicted octanol–water partition coefficient (Wildman–Crippen LogP) is 2.29. The molecule has 0 spiro atoms. The minimum Gasteiger partial charge on any atom is -0.496 e. The third-order valence-corrected chi connectivity index (χ3v) is 2.47. The molecule has 0 aliphatic carbocycles. The second-order valence-corrected chi connectivity index (χ2v) is 4.76. The fraction of sp³-hybridized carbons (Fsp3) is 0.538. The van der Waals surface area contributed by atoms with E-state index in [1.54, 1.807) is 14.2 Å². The fourth-order valence-corrected chi connectivity index (χ4v) is 1.83. The molecule has 1 aromatic carbocycles. The number of methoxy groups -OCH3 is 2. The van der Waals surface area contributed by atoms with Gasteiger partial charge in [-0.15, -0.1) is 0 Å². The van der Waals surface area contributed by atoms with Crippen LogP contribution in [0.2, 0.25) is 0 Å². The maximum absolute atomic E-state index is 6.05. The second kappa shape index (κ2) is 4.74. The van der Waals surface area contributed by atoms with E-state index in [9.17, 15) is 0 Å². The number of aryl methyl sites for hydroxylation is 1. The molecule has 0 unspecified atom stereocenters. The molecule has 2 N–H and O–H groups in total. The van der Waals surface area contributed by atoms with Gasteiger partial charge in [-0.2, -0.15) is 0 Å². The summed E-state index contributed by atoms with van der Waals surface area (Å²) in [5.74, 6) is 1.71. The first-order valence-electron chi connectivity index (χ1n) is 5.38. The number of nitrogens with two attached hydrogens (primary N) is 1. The van der Waals surface area contributed by atoms with Crippen molar-refractivity contribution >= 4 is 0 Å². The van der Waals surface area contributed by atoms with Crippen LogP contribution in [0.5, 0.6) is 11.5 Å². The van der Waals surface area contributed by atoms with Crippen molar-refractivity contribution in [3.63, 3.8) is 0 Å². The molecular weight excluding hydrogens is 202 g/mol. The summed E-state index contributed by atoms with van der Waals surface area (Å²) in [6.45, 7) is 6.01. The summed E-state index contributed by atoms with van der Waals surface area (Å²) in [5, 5.41) is 0. The van der Waals surface area contributed by atoms with Gasteiger partial charge < -0.3 is 15.2 Å². The summed E-state index contributed by atoms with van der Waals surface area (Å²) in [7, 11) is 3.34. The monoisotopic (exact) mass is 223 g/mol. The summed E-state index contributed by atoms with van der Waals surface area (Å²) in [4.78, 5) is 0. The topological polar surface area (TPSA) is 44.5 Å². The van der Waals surface area contributed by atoms with Crippen molar-refractivity contribution in [1.82, 2.24) is 0 Å². The third-order valence-electron chi connectivity index (χ3n) is 2.47. The van der Waals surface area contributed by atoms with Gasteiger partial charge >= 0.3 is 0 Å². The van der Waals surface area contributed by atoms with Crippen molar-refractivity contribution in [3.05, 3.63) is 23.3 Å². The van der Waals surface area contributed by atoms with Crippen LogP contribution >= 0.6 is 0 Å². The fourth-order valence-electron chi connectivity index (χ4n) is 1.83. The molecule has 3 heteroatoms. The first-order valence-corrected chi connectivity index (χ1v) is 5.38. The van der Waals surface area contributed by atoms with Crippen molar-refractivity contribution in [2.75, 3.05) is 14.2 Å². The Morgan fingerprint density at radius 3 is 2.25 bits per heavy atom. The summed E-state index contributed by atoms with van der Waals surface area (Å²) >= 11 is 0. The molecule has 0 heterocycles. The average Bonchev–Trinajstić information content (AvgIpc) is 2.16. The molecule has 0 aromatic heterocycles. The van der Waals surface area contributed by atoms with Crippen molar-refractivity contribution in [1.29, 1.82) is 0 Å². The van der Waals surface area contributed by atoms with Crippen LogP contribution in [0.1, 0.15) is 25.0 Å². The van der Waals surface area contributed by atoms with E-state index < -0.39 is 0 Å². The third kappa shape index (κ3) is 2.89. The van der Waals surface area contributed by atoms with E-state index in [-0.39, 0.29) is 5.54 Å². The minimum atomic E-state index is -0.283. The maximum atomic E-state index is 6.05. The normalized spacial score (nSPS) is 11.4. The van der Waals surface area contributed by atoms with Crippen molar-refractivity contribution in [2.45, 2.75) is 32.7 Å². The van der Waals surface area contributed by atoms with Crippen LogP contribution in [-0.2, 0) is 6.42 Å². The van der Waals surface area contributed by atoms with E-state index in [0.717, 1.165) is 29.0 Å². The molecule has 0 amide bonds. The Morgan fingerprint density at radius 2 is 1.81 bits per heavy atom. The Balaban J connectivity index is 3.25. The standard InChI is InChI=1S/C13H21NO2/c1-9-6-7-11(15-4)10(12(9)16-5)8-13(2,3)14/h6-7H,8,14H2,1-5H3. The van der Waals surface area contributed by atoms with Crippen LogP contribution in [0, 0.1) is 6.92 Å². The maximum Gasteiger partial charge on any atom is 0.128 e. The van der Waals surface area contributed by atoms with E-state index in [0.29, 0.717) is 0 Å². The number of ether oxygens (including phenoxy) is 2. The quantitative estimate of drug-likeness (QED) is 0.851. The van der Waals surface area contributed by atoms with E-state index >= 15 is 0 Å². The number of benzene rings is 1. The van der Waals surface area contributed by atoms with Gasteiger partial charge in [0.25, 0.3) is 0 Å². The van der Waals surface area contributed by atoms with Gasteiger partial charge in [0.05, 0.1) is 14.2 Å². The first-order chi connectivity index (χ1) is 7.39. The van der Waals surface area contributed by atoms with E-state index in [4.69, 9.17) is 15.2 Å². The highest BCUT2D eigenvalue weighted by Crippen LogP contribution is 2.33. The molecular formula is C13H21NO2. The van der Waals surface area contributed by atoms with Crippen LogP contribution in [0.3, 0.4) is 0 Å². The Bertz CT molecular complexity index is 367. The second-order valence-electron chi connectivity index (χ2n) is 4.76. The van der Waals surface area contributed by atoms with Crippen LogP contribution in [-0.4, -0.2) is 19.8 Å². The molecule has 0 saturated heterocycles. The highest BCUT2D eigenvalue weighted by atomic mass is 16.5. The van der Waals surface area contributed by atoms with Crippen molar-refractivity contribution in [3.8, 4) is 11.5 Å². The number of rotatable bonds is 4. The van der Waals surface area contributed by atoms with Gasteiger partial charge in [-0.1, -0.05) is 6.07 Å². The molecule has 0 radical (unpaired) electrons. The van der Waals surface area contributed by atoms with Crippen molar-refractivity contribution < 1.29 is 9.47 Å². The summed E-state index contributed by atoms with van der Waals surface area (Å²) in [6, 6.07) is 3.95. The Kier molecular flexibility index (Phi) is 3.81. The SMILES string of the molecule is COc1ccc(C)c(OC)c1CC(C)(C)N. The Hall–Kier alpha value is -1.22. The van der Waals surface area contributed by atoms with Gasteiger partial charge in [-0.05, 0) is 38.8 Å². The lowest BCUT2D eigenvalue weighted by atomic mass is 9.93. The highest BCUT2D eigenvalue weighted by Gasteiger charge is 2.20. The minimum absolute atomic E-state index is 0.283. The molecule has 3 nitrogen and oxygen atoms in total. The molecule has 90 valence electrons. The molecule has 1 rings (SSSR count). The molecule has 0 aliphatic heterocycles. The van der Waals surface area contributed by atoms with Gasteiger partial charge in [0, 0.05) is 11.1 Å². The van der Waals surface area contributed by atoms with Gasteiger partial charge in [-0.3, -0.25) is 0 Å². The summed E-state index contributed by atoms with van der Waals surface area (Å²) in [6.07, 6.45) is 0.723. The zero-order valence-electron chi connectivity index (χ0n) is 10.8. The lowest BCUT2D eigenvalue weighted by molar-refractivity contribution is 0.373. The summed E-state index contributed by atoms with van der Waals surface area (Å²) < 4.78 is 10.8. The number of hydrogen-bond donors (Lipinski definition) is 1. The summed E-state index contributed by atoms with van der Waals surface area (Å²) in [5.41, 5.74) is 7.91. The predicted molar refractivity (Wildman–Crippen MR) is 66.3 cm³/mol. The van der Waals surface area contributed by atoms with Crippen molar-refractivity contribution in [2.24, 2.45) is 5.73 Å². The van der Waals surface area contributed by atoms with Crippen LogP contribution in [0.25, 0.3) is 0 Å². The zero-order chi connectivity index (χ0) is 12.3. The smallest absolute Gasteiger partial charge is 0.128 e. The number of hydrogen-bond acceptors (Lipinski definition) is 3. The van der Waals surface area contributed by atoms with E-state index in [1.807, 2.05) is 32.9 Å². The molecule has 0 atom stereocenters. The molecule has 0 saturated carbocycles. The first kappa shape index (κ1) is 12.8. The van der Waals surface area contributed by atoms with Gasteiger partial charge in [0.2, 0.25) is 0 Å². The molecule has 0 aliphatic rings. The molecule has 16 heavy (non-hydrogen) atoms. The Labute approximate surface area is 97.6 Å². The Morgan fingerprint density at radius 1 is 1.19 bits per heavy atom. The lowest BCUT2D eigenvalue weighted by Gasteiger charge is -2.22. The molecule has 0 bridgehead atoms. The van der Waals surface area contributed by atoms with Gasteiger partial charge in [0.15, 0.2) is 0 Å². The van der Waals surface area contributed by atoms with Gasteiger partial charge in [0.1, 0.15) is 11.5 Å². The van der Waals surface area contributed by atoms with Crippen LogP contribution in [0.4, 0.5) is 0 Å².